The molecule has 3 rings (SSSR count). The lowest BCUT2D eigenvalue weighted by atomic mass is 10.1. The molecule has 0 bridgehead atoms. The van der Waals surface area contributed by atoms with Crippen molar-refractivity contribution in [3.8, 4) is 0 Å². The minimum Gasteiger partial charge on any atom is -0.354 e. The molecule has 3 aromatic rings. The number of anilines is 1. The Bertz CT molecular complexity index is 1210. The van der Waals surface area contributed by atoms with Gasteiger partial charge in [-0.1, -0.05) is 41.5 Å². The van der Waals surface area contributed by atoms with Gasteiger partial charge in [0.1, 0.15) is 6.54 Å². The molecule has 5 nitrogen and oxygen atoms in total. The predicted octanol–water partition coefficient (Wildman–Crippen LogP) is 5.02. The van der Waals surface area contributed by atoms with Crippen molar-refractivity contribution in [2.75, 3.05) is 23.1 Å². The van der Waals surface area contributed by atoms with Gasteiger partial charge in [0.15, 0.2) is 0 Å². The van der Waals surface area contributed by atoms with Crippen molar-refractivity contribution in [2.24, 2.45) is 0 Å². The molecular formula is C26H30N2O3S2. The molecule has 0 unspecified atom stereocenters. The number of benzene rings is 3. The van der Waals surface area contributed by atoms with Crippen LogP contribution in [0.4, 0.5) is 5.69 Å². The minimum absolute atomic E-state index is 0.161. The summed E-state index contributed by atoms with van der Waals surface area (Å²) in [5.74, 6) is 0.358. The average Bonchev–Trinajstić information content (AvgIpc) is 2.78. The first kappa shape index (κ1) is 24.9. The Morgan fingerprint density at radius 1 is 0.848 bits per heavy atom. The molecule has 0 heterocycles. The van der Waals surface area contributed by atoms with Crippen LogP contribution < -0.4 is 9.62 Å². The summed E-state index contributed by atoms with van der Waals surface area (Å²) in [5.41, 5.74) is 4.67. The zero-order chi connectivity index (χ0) is 24.0. The van der Waals surface area contributed by atoms with Crippen LogP contribution in [0.2, 0.25) is 0 Å². The van der Waals surface area contributed by atoms with Crippen LogP contribution in [-0.2, 0) is 14.8 Å². The fourth-order valence-corrected chi connectivity index (χ4v) is 5.39. The van der Waals surface area contributed by atoms with E-state index in [1.807, 2.05) is 39.8 Å². The van der Waals surface area contributed by atoms with Crippen molar-refractivity contribution in [2.45, 2.75) is 37.5 Å². The Labute approximate surface area is 201 Å². The number of thioether (sulfide) groups is 1. The normalized spacial score (nSPS) is 11.3. The van der Waals surface area contributed by atoms with E-state index in [2.05, 4.69) is 29.6 Å². The largest absolute Gasteiger partial charge is 0.354 e. The Kier molecular flexibility index (Phi) is 8.21. The number of carbonyl (C=O) groups is 1. The number of carbonyl (C=O) groups excluding carboxylic acids is 1. The van der Waals surface area contributed by atoms with Crippen molar-refractivity contribution in [1.82, 2.24) is 5.32 Å². The highest BCUT2D eigenvalue weighted by atomic mass is 32.2. The molecule has 0 radical (unpaired) electrons. The number of nitrogens with zero attached hydrogens (tertiary/aromatic N) is 1. The van der Waals surface area contributed by atoms with Gasteiger partial charge in [-0.15, -0.1) is 11.8 Å². The van der Waals surface area contributed by atoms with Gasteiger partial charge in [0.2, 0.25) is 5.91 Å². The van der Waals surface area contributed by atoms with Crippen molar-refractivity contribution in [3.63, 3.8) is 0 Å². The predicted molar refractivity (Wildman–Crippen MR) is 137 cm³/mol. The van der Waals surface area contributed by atoms with Crippen molar-refractivity contribution < 1.29 is 13.2 Å². The fourth-order valence-electron chi connectivity index (χ4n) is 3.21. The molecule has 0 aliphatic rings. The van der Waals surface area contributed by atoms with E-state index < -0.39 is 10.0 Å². The van der Waals surface area contributed by atoms with E-state index in [1.165, 1.54) is 9.87 Å². The lowest BCUT2D eigenvalue weighted by Gasteiger charge is -2.25. The molecular weight excluding hydrogens is 452 g/mol. The van der Waals surface area contributed by atoms with Crippen LogP contribution in [0.15, 0.2) is 76.5 Å². The average molecular weight is 483 g/mol. The van der Waals surface area contributed by atoms with E-state index in [0.717, 1.165) is 21.6 Å². The summed E-state index contributed by atoms with van der Waals surface area (Å²) in [6.45, 7) is 8.01. The van der Waals surface area contributed by atoms with Gasteiger partial charge in [0.25, 0.3) is 10.0 Å². The summed E-state index contributed by atoms with van der Waals surface area (Å²) >= 11 is 1.65. The summed E-state index contributed by atoms with van der Waals surface area (Å²) < 4.78 is 28.1. The van der Waals surface area contributed by atoms with Gasteiger partial charge >= 0.3 is 0 Å². The number of amides is 1. The summed E-state index contributed by atoms with van der Waals surface area (Å²) in [4.78, 5) is 14.0. The number of hydrogen-bond acceptors (Lipinski definition) is 4. The molecule has 0 aliphatic heterocycles. The van der Waals surface area contributed by atoms with E-state index in [0.29, 0.717) is 18.0 Å². The van der Waals surface area contributed by atoms with Crippen LogP contribution in [0, 0.1) is 27.7 Å². The second-order valence-electron chi connectivity index (χ2n) is 8.10. The van der Waals surface area contributed by atoms with Gasteiger partial charge < -0.3 is 5.32 Å². The Hall–Kier alpha value is -2.77. The molecule has 0 atom stereocenters. The van der Waals surface area contributed by atoms with Gasteiger partial charge in [-0.2, -0.15) is 0 Å². The molecule has 7 heteroatoms. The summed E-state index contributed by atoms with van der Waals surface area (Å²) in [6, 6.07) is 20.3. The molecule has 0 saturated heterocycles. The van der Waals surface area contributed by atoms with Gasteiger partial charge in [0.05, 0.1) is 10.6 Å². The molecule has 3 aromatic carbocycles. The Morgan fingerprint density at radius 3 is 2.06 bits per heavy atom. The third-order valence-corrected chi connectivity index (χ3v) is 8.19. The van der Waals surface area contributed by atoms with E-state index in [9.17, 15) is 13.2 Å². The second kappa shape index (κ2) is 10.9. The first-order valence-corrected chi connectivity index (χ1v) is 13.2. The standard InChI is InChI=1S/C26H30N2O3S2/c1-19-5-11-24(12-6-19)32-16-15-27-26(29)18-28(23-10-9-21(3)22(4)17-23)33(30,31)25-13-7-20(2)8-14-25/h5-14,17H,15-16,18H2,1-4H3,(H,27,29). The maximum Gasteiger partial charge on any atom is 0.264 e. The zero-order valence-electron chi connectivity index (χ0n) is 19.5. The monoisotopic (exact) mass is 482 g/mol. The van der Waals surface area contributed by atoms with Crippen molar-refractivity contribution >= 4 is 33.4 Å². The molecule has 1 N–H and O–H groups in total. The zero-order valence-corrected chi connectivity index (χ0v) is 21.1. The highest BCUT2D eigenvalue weighted by Gasteiger charge is 2.27. The topological polar surface area (TPSA) is 66.5 Å². The number of nitrogens with one attached hydrogen (secondary N) is 1. The number of rotatable bonds is 9. The lowest BCUT2D eigenvalue weighted by Crippen LogP contribution is -2.41. The van der Waals surface area contributed by atoms with Gasteiger partial charge in [-0.3, -0.25) is 9.10 Å². The number of sulfonamides is 1. The molecule has 0 aromatic heterocycles. The van der Waals surface area contributed by atoms with E-state index in [-0.39, 0.29) is 17.3 Å². The quantitative estimate of drug-likeness (QED) is 0.343. The third-order valence-electron chi connectivity index (χ3n) is 5.39. The molecule has 0 spiro atoms. The highest BCUT2D eigenvalue weighted by Crippen LogP contribution is 2.26. The van der Waals surface area contributed by atoms with E-state index in [4.69, 9.17) is 0 Å². The number of aryl methyl sites for hydroxylation is 4. The van der Waals surface area contributed by atoms with Crippen LogP contribution in [-0.4, -0.2) is 33.2 Å². The minimum atomic E-state index is -3.91. The van der Waals surface area contributed by atoms with Gasteiger partial charge in [-0.05, 0) is 75.2 Å². The SMILES string of the molecule is Cc1ccc(SCCNC(=O)CN(c2ccc(C)c(C)c2)S(=O)(=O)c2ccc(C)cc2)cc1. The summed E-state index contributed by atoms with van der Waals surface area (Å²) in [6.07, 6.45) is 0. The summed E-state index contributed by atoms with van der Waals surface area (Å²) in [7, 11) is -3.91. The third kappa shape index (κ3) is 6.62. The fraction of sp³-hybridized carbons (Fsp3) is 0.269. The first-order valence-electron chi connectivity index (χ1n) is 10.8. The molecule has 1 amide bonds. The van der Waals surface area contributed by atoms with E-state index >= 15 is 0 Å². The summed E-state index contributed by atoms with van der Waals surface area (Å²) in [5, 5.41) is 2.86. The van der Waals surface area contributed by atoms with Gasteiger partial charge in [0, 0.05) is 17.2 Å². The van der Waals surface area contributed by atoms with Crippen LogP contribution in [0.1, 0.15) is 22.3 Å². The maximum atomic E-state index is 13.5. The second-order valence-corrected chi connectivity index (χ2v) is 11.1. The Balaban J connectivity index is 1.73. The Morgan fingerprint density at radius 2 is 1.45 bits per heavy atom. The van der Waals surface area contributed by atoms with Crippen molar-refractivity contribution in [3.05, 3.63) is 89.0 Å². The van der Waals surface area contributed by atoms with Crippen LogP contribution in [0.3, 0.4) is 0 Å². The molecule has 174 valence electrons. The van der Waals surface area contributed by atoms with Crippen molar-refractivity contribution in [1.29, 1.82) is 0 Å². The maximum absolute atomic E-state index is 13.5. The van der Waals surface area contributed by atoms with Crippen LogP contribution in [0.25, 0.3) is 0 Å². The highest BCUT2D eigenvalue weighted by molar-refractivity contribution is 7.99. The smallest absolute Gasteiger partial charge is 0.264 e. The molecule has 0 fully saturated rings. The molecule has 33 heavy (non-hydrogen) atoms. The molecule has 0 aliphatic carbocycles. The van der Waals surface area contributed by atoms with Crippen LogP contribution >= 0.6 is 11.8 Å². The van der Waals surface area contributed by atoms with Gasteiger partial charge in [-0.25, -0.2) is 8.42 Å². The van der Waals surface area contributed by atoms with Crippen LogP contribution in [0.5, 0.6) is 0 Å². The molecule has 0 saturated carbocycles. The number of hydrogen-bond donors (Lipinski definition) is 1. The first-order chi connectivity index (χ1) is 15.7. The lowest BCUT2D eigenvalue weighted by molar-refractivity contribution is -0.119. The van der Waals surface area contributed by atoms with E-state index in [1.54, 1.807) is 42.1 Å².